The molecule has 1 fully saturated rings. The molecule has 20 heavy (non-hydrogen) atoms. The van der Waals surface area contributed by atoms with E-state index < -0.39 is 5.54 Å². The van der Waals surface area contributed by atoms with Crippen molar-refractivity contribution in [3.8, 4) is 0 Å². The number of anilines is 1. The molecule has 1 aliphatic carbocycles. The van der Waals surface area contributed by atoms with Crippen LogP contribution in [0.5, 0.6) is 0 Å². The number of nitrogens with two attached hydrogens (primary N) is 1. The Bertz CT molecular complexity index is 530. The van der Waals surface area contributed by atoms with Gasteiger partial charge in [-0.1, -0.05) is 17.7 Å². The summed E-state index contributed by atoms with van der Waals surface area (Å²) in [5, 5.41) is 5.62. The molecule has 0 aromatic heterocycles. The van der Waals surface area contributed by atoms with Crippen LogP contribution in [0.1, 0.15) is 18.4 Å². The third-order valence-corrected chi connectivity index (χ3v) is 3.36. The van der Waals surface area contributed by atoms with E-state index in [4.69, 9.17) is 17.3 Å². The van der Waals surface area contributed by atoms with Crippen molar-refractivity contribution in [3.05, 3.63) is 28.8 Å². The van der Waals surface area contributed by atoms with Gasteiger partial charge in [0.25, 0.3) is 0 Å². The highest BCUT2D eigenvalue weighted by molar-refractivity contribution is 6.33. The van der Waals surface area contributed by atoms with Crippen LogP contribution < -0.4 is 16.4 Å². The summed E-state index contributed by atoms with van der Waals surface area (Å²) in [4.78, 5) is 23.2. The smallest absolute Gasteiger partial charge is 0.243 e. The van der Waals surface area contributed by atoms with E-state index in [1.165, 1.54) is 0 Å². The van der Waals surface area contributed by atoms with Crippen LogP contribution in [0, 0.1) is 6.92 Å². The average Bonchev–Trinajstić information content (AvgIpc) is 3.09. The molecule has 1 aromatic rings. The van der Waals surface area contributed by atoms with Gasteiger partial charge >= 0.3 is 0 Å². The van der Waals surface area contributed by atoms with Crippen molar-refractivity contribution in [2.24, 2.45) is 5.73 Å². The van der Waals surface area contributed by atoms with Gasteiger partial charge in [-0.3, -0.25) is 9.59 Å². The normalized spacial score (nSPS) is 14.9. The van der Waals surface area contributed by atoms with Gasteiger partial charge in [0.2, 0.25) is 11.8 Å². The Morgan fingerprint density at radius 1 is 1.40 bits per heavy atom. The SMILES string of the molecule is Cc1ccc(NC(=O)CNC(=O)C2(N)CC2)c(Cl)c1.Cl. The van der Waals surface area contributed by atoms with Crippen molar-refractivity contribution in [3.63, 3.8) is 0 Å². The third kappa shape index (κ3) is 4.10. The maximum absolute atomic E-state index is 11.7. The second-order valence-corrected chi connectivity index (χ2v) is 5.28. The van der Waals surface area contributed by atoms with Gasteiger partial charge in [0.1, 0.15) is 0 Å². The number of halogens is 2. The fourth-order valence-electron chi connectivity index (χ4n) is 1.61. The van der Waals surface area contributed by atoms with Gasteiger partial charge in [-0.25, -0.2) is 0 Å². The highest BCUT2D eigenvalue weighted by Gasteiger charge is 2.45. The van der Waals surface area contributed by atoms with E-state index in [1.54, 1.807) is 12.1 Å². The molecular formula is C13H17Cl2N3O2. The molecule has 0 radical (unpaired) electrons. The van der Waals surface area contributed by atoms with Crippen molar-refractivity contribution in [1.82, 2.24) is 5.32 Å². The van der Waals surface area contributed by atoms with E-state index in [2.05, 4.69) is 10.6 Å². The molecule has 0 bridgehead atoms. The summed E-state index contributed by atoms with van der Waals surface area (Å²) >= 11 is 6.00. The van der Waals surface area contributed by atoms with Crippen molar-refractivity contribution in [1.29, 1.82) is 0 Å². The van der Waals surface area contributed by atoms with Gasteiger partial charge < -0.3 is 16.4 Å². The lowest BCUT2D eigenvalue weighted by molar-refractivity contribution is -0.125. The minimum Gasteiger partial charge on any atom is -0.345 e. The molecule has 2 rings (SSSR count). The van der Waals surface area contributed by atoms with Crippen LogP contribution in [0.3, 0.4) is 0 Å². The van der Waals surface area contributed by atoms with Crippen molar-refractivity contribution < 1.29 is 9.59 Å². The largest absolute Gasteiger partial charge is 0.345 e. The van der Waals surface area contributed by atoms with Gasteiger partial charge in [-0.2, -0.15) is 0 Å². The molecule has 0 saturated heterocycles. The zero-order valence-electron chi connectivity index (χ0n) is 11.0. The summed E-state index contributed by atoms with van der Waals surface area (Å²) in [6.07, 6.45) is 1.34. The van der Waals surface area contributed by atoms with Crippen LogP contribution in [-0.4, -0.2) is 23.9 Å². The van der Waals surface area contributed by atoms with Gasteiger partial charge in [-0.05, 0) is 37.5 Å². The van der Waals surface area contributed by atoms with Crippen LogP contribution in [0.15, 0.2) is 18.2 Å². The second kappa shape index (κ2) is 6.43. The Labute approximate surface area is 128 Å². The van der Waals surface area contributed by atoms with Gasteiger partial charge in [0.05, 0.1) is 22.8 Å². The van der Waals surface area contributed by atoms with Crippen LogP contribution in [-0.2, 0) is 9.59 Å². The first-order chi connectivity index (χ1) is 8.90. The van der Waals surface area contributed by atoms with Gasteiger partial charge in [-0.15, -0.1) is 12.4 Å². The molecule has 0 aliphatic heterocycles. The number of rotatable bonds is 4. The van der Waals surface area contributed by atoms with Crippen LogP contribution in [0.2, 0.25) is 5.02 Å². The summed E-state index contributed by atoms with van der Waals surface area (Å²) in [5.41, 5.74) is 6.48. The molecular weight excluding hydrogens is 301 g/mol. The van der Waals surface area contributed by atoms with Gasteiger partial charge in [0.15, 0.2) is 0 Å². The fraction of sp³-hybridized carbons (Fsp3) is 0.385. The predicted octanol–water partition coefficient (Wildman–Crippen LogP) is 1.62. The molecule has 4 N–H and O–H groups in total. The fourth-order valence-corrected chi connectivity index (χ4v) is 1.90. The van der Waals surface area contributed by atoms with E-state index in [0.717, 1.165) is 5.56 Å². The Morgan fingerprint density at radius 3 is 2.60 bits per heavy atom. The monoisotopic (exact) mass is 317 g/mol. The first kappa shape index (κ1) is 16.8. The number of amides is 2. The zero-order valence-corrected chi connectivity index (χ0v) is 12.6. The zero-order chi connectivity index (χ0) is 14.0. The molecule has 110 valence electrons. The number of carbonyl (C=O) groups excluding carboxylic acids is 2. The Kier molecular flexibility index (Phi) is 5.39. The standard InChI is InChI=1S/C13H16ClN3O2.ClH/c1-8-2-3-10(9(14)6-8)17-11(18)7-16-12(19)13(15)4-5-13;/h2-3,6H,4-5,7,15H2,1H3,(H,16,19)(H,17,18);1H. The lowest BCUT2D eigenvalue weighted by Gasteiger charge is -2.11. The van der Waals surface area contributed by atoms with E-state index in [1.807, 2.05) is 13.0 Å². The minimum atomic E-state index is -0.762. The van der Waals surface area contributed by atoms with Crippen LogP contribution in [0.25, 0.3) is 0 Å². The topological polar surface area (TPSA) is 84.2 Å². The Hall–Kier alpha value is -1.30. The van der Waals surface area contributed by atoms with Gasteiger partial charge in [0, 0.05) is 0 Å². The highest BCUT2D eigenvalue weighted by atomic mass is 35.5. The quantitative estimate of drug-likeness (QED) is 0.789. The van der Waals surface area contributed by atoms with Crippen LogP contribution in [0.4, 0.5) is 5.69 Å². The predicted molar refractivity (Wildman–Crippen MR) is 81.2 cm³/mol. The molecule has 7 heteroatoms. The molecule has 0 spiro atoms. The molecule has 1 aromatic carbocycles. The minimum absolute atomic E-state index is 0. The third-order valence-electron chi connectivity index (χ3n) is 3.05. The lowest BCUT2D eigenvalue weighted by atomic mass is 10.2. The Balaban J connectivity index is 0.00000200. The first-order valence-corrected chi connectivity index (χ1v) is 6.42. The van der Waals surface area contributed by atoms with E-state index in [9.17, 15) is 9.59 Å². The summed E-state index contributed by atoms with van der Waals surface area (Å²) in [6.45, 7) is 1.80. The number of hydrogen-bond donors (Lipinski definition) is 3. The maximum Gasteiger partial charge on any atom is 0.243 e. The molecule has 1 saturated carbocycles. The molecule has 2 amide bonds. The van der Waals surface area contributed by atoms with Crippen molar-refractivity contribution in [2.75, 3.05) is 11.9 Å². The second-order valence-electron chi connectivity index (χ2n) is 4.87. The van der Waals surface area contributed by atoms with E-state index >= 15 is 0 Å². The highest BCUT2D eigenvalue weighted by Crippen LogP contribution is 2.32. The number of aryl methyl sites for hydroxylation is 1. The molecule has 0 heterocycles. The molecule has 1 aliphatic rings. The number of nitrogens with one attached hydrogen (secondary N) is 2. The molecule has 5 nitrogen and oxygen atoms in total. The summed E-state index contributed by atoms with van der Waals surface area (Å²) in [5.74, 6) is -0.610. The molecule has 0 atom stereocenters. The van der Waals surface area contributed by atoms with E-state index in [0.29, 0.717) is 23.6 Å². The lowest BCUT2D eigenvalue weighted by Crippen LogP contribution is -2.45. The maximum atomic E-state index is 11.7. The number of hydrogen-bond acceptors (Lipinski definition) is 3. The van der Waals surface area contributed by atoms with Crippen molar-refractivity contribution in [2.45, 2.75) is 25.3 Å². The van der Waals surface area contributed by atoms with Crippen molar-refractivity contribution >= 4 is 41.5 Å². The number of benzene rings is 1. The molecule has 0 unspecified atom stereocenters. The summed E-state index contributed by atoms with van der Waals surface area (Å²) in [7, 11) is 0. The van der Waals surface area contributed by atoms with Crippen LogP contribution >= 0.6 is 24.0 Å². The Morgan fingerprint density at radius 2 is 2.05 bits per heavy atom. The first-order valence-electron chi connectivity index (χ1n) is 6.04. The van der Waals surface area contributed by atoms with E-state index in [-0.39, 0.29) is 30.8 Å². The average molecular weight is 318 g/mol. The summed E-state index contributed by atoms with van der Waals surface area (Å²) in [6, 6.07) is 5.33. The summed E-state index contributed by atoms with van der Waals surface area (Å²) < 4.78 is 0. The number of carbonyl (C=O) groups is 2.